The van der Waals surface area contributed by atoms with Crippen molar-refractivity contribution in [3.05, 3.63) is 80.7 Å². The Morgan fingerprint density at radius 1 is 1.12 bits per heavy atom. The van der Waals surface area contributed by atoms with E-state index < -0.39 is 0 Å². The molecule has 0 spiro atoms. The summed E-state index contributed by atoms with van der Waals surface area (Å²) in [4.78, 5) is 34.1. The molecule has 0 atom stereocenters. The number of aromatic nitrogens is 4. The Morgan fingerprint density at radius 2 is 1.85 bits per heavy atom. The van der Waals surface area contributed by atoms with Gasteiger partial charge in [0.15, 0.2) is 0 Å². The molecule has 0 aliphatic rings. The smallest absolute Gasteiger partial charge is 0.277 e. The lowest BCUT2D eigenvalue weighted by atomic mass is 10.1. The van der Waals surface area contributed by atoms with Crippen LogP contribution < -0.4 is 20.9 Å². The Bertz CT molecular complexity index is 1330. The molecule has 2 aromatic carbocycles. The van der Waals surface area contributed by atoms with E-state index in [9.17, 15) is 9.59 Å². The quantitative estimate of drug-likeness (QED) is 0.366. The third-order valence-electron chi connectivity index (χ3n) is 5.14. The number of anilines is 2. The summed E-state index contributed by atoms with van der Waals surface area (Å²) in [6, 6.07) is 14.5. The fourth-order valence-electron chi connectivity index (χ4n) is 3.35. The number of aryl methyl sites for hydroxylation is 1. The Hall–Kier alpha value is -3.85. The Kier molecular flexibility index (Phi) is 6.60. The number of nitrogens with zero attached hydrogens (tertiary/aromatic N) is 3. The summed E-state index contributed by atoms with van der Waals surface area (Å²) in [7, 11) is 1.58. The van der Waals surface area contributed by atoms with Gasteiger partial charge in [0.1, 0.15) is 5.75 Å². The summed E-state index contributed by atoms with van der Waals surface area (Å²) in [5, 5.41) is 9.55. The fraction of sp³-hybridized carbons (Fsp3) is 0.217. The zero-order valence-corrected chi connectivity index (χ0v) is 18.9. The van der Waals surface area contributed by atoms with Crippen LogP contribution in [0.2, 0.25) is 5.02 Å². The van der Waals surface area contributed by atoms with Crippen molar-refractivity contribution in [1.82, 2.24) is 19.6 Å². The zero-order valence-electron chi connectivity index (χ0n) is 18.2. The Morgan fingerprint density at radius 3 is 2.55 bits per heavy atom. The molecule has 2 aromatic heterocycles. The number of hydrogen-bond acceptors (Lipinski definition) is 6. The van der Waals surface area contributed by atoms with E-state index in [1.165, 1.54) is 4.52 Å². The van der Waals surface area contributed by atoms with E-state index in [-0.39, 0.29) is 30.1 Å². The van der Waals surface area contributed by atoms with Crippen molar-refractivity contribution in [2.75, 3.05) is 17.7 Å². The number of carbonyl (C=O) groups is 1. The van der Waals surface area contributed by atoms with Crippen LogP contribution in [-0.4, -0.2) is 32.6 Å². The van der Waals surface area contributed by atoms with Crippen LogP contribution in [0.5, 0.6) is 5.75 Å². The maximum Gasteiger partial charge on any atom is 0.277 e. The number of nitrogens with one attached hydrogen (secondary N) is 3. The normalized spacial score (nSPS) is 10.9. The van der Waals surface area contributed by atoms with Gasteiger partial charge in [-0.1, -0.05) is 23.7 Å². The lowest BCUT2D eigenvalue weighted by Crippen LogP contribution is -2.23. The number of rotatable bonds is 8. The van der Waals surface area contributed by atoms with Crippen molar-refractivity contribution in [2.45, 2.75) is 26.3 Å². The molecule has 33 heavy (non-hydrogen) atoms. The van der Waals surface area contributed by atoms with Crippen LogP contribution in [0.15, 0.2) is 53.3 Å². The summed E-state index contributed by atoms with van der Waals surface area (Å²) in [6.45, 7) is 2.25. The number of carbonyl (C=O) groups excluding carboxylic acids is 1. The predicted molar refractivity (Wildman–Crippen MR) is 127 cm³/mol. The zero-order chi connectivity index (χ0) is 23.4. The average molecular weight is 467 g/mol. The second-order valence-electron chi connectivity index (χ2n) is 7.45. The van der Waals surface area contributed by atoms with Gasteiger partial charge >= 0.3 is 0 Å². The molecule has 2 heterocycles. The molecule has 0 aliphatic carbocycles. The molecule has 0 saturated heterocycles. The molecule has 0 radical (unpaired) electrons. The maximum atomic E-state index is 13.0. The van der Waals surface area contributed by atoms with Gasteiger partial charge in [0.05, 0.1) is 12.8 Å². The molecule has 1 amide bonds. The molecular formula is C23H23ClN6O3. The van der Waals surface area contributed by atoms with Crippen LogP contribution in [-0.2, 0) is 17.8 Å². The first kappa shape index (κ1) is 22.3. The molecule has 0 bridgehead atoms. The summed E-state index contributed by atoms with van der Waals surface area (Å²) >= 11 is 5.91. The van der Waals surface area contributed by atoms with E-state index in [1.807, 2.05) is 24.3 Å². The minimum atomic E-state index is -0.276. The van der Waals surface area contributed by atoms with Gasteiger partial charge < -0.3 is 15.4 Å². The average Bonchev–Trinajstić information content (AvgIpc) is 3.22. The van der Waals surface area contributed by atoms with Crippen molar-refractivity contribution >= 4 is 34.9 Å². The largest absolute Gasteiger partial charge is 0.497 e. The molecule has 0 unspecified atom stereocenters. The van der Waals surface area contributed by atoms with Gasteiger partial charge in [0, 0.05) is 29.2 Å². The van der Waals surface area contributed by atoms with E-state index in [2.05, 4.69) is 25.7 Å². The minimum Gasteiger partial charge on any atom is -0.497 e. The monoisotopic (exact) mass is 466 g/mol. The van der Waals surface area contributed by atoms with Crippen LogP contribution in [0, 0.1) is 6.92 Å². The van der Waals surface area contributed by atoms with Gasteiger partial charge in [-0.15, -0.1) is 0 Å². The van der Waals surface area contributed by atoms with Crippen molar-refractivity contribution in [3.63, 3.8) is 0 Å². The number of amides is 1. The molecule has 0 fully saturated rings. The van der Waals surface area contributed by atoms with E-state index in [4.69, 9.17) is 16.3 Å². The van der Waals surface area contributed by atoms with E-state index >= 15 is 0 Å². The third kappa shape index (κ3) is 5.32. The highest BCUT2D eigenvalue weighted by atomic mass is 35.5. The SMILES string of the molecule is COc1ccc(NC(=O)CCc2c(C)nc3nc(NCc4ccc(Cl)cc4)[nH]n3c2=O)cc1. The van der Waals surface area contributed by atoms with Crippen molar-refractivity contribution in [3.8, 4) is 5.75 Å². The van der Waals surface area contributed by atoms with Crippen LogP contribution in [0.4, 0.5) is 11.6 Å². The fourth-order valence-corrected chi connectivity index (χ4v) is 3.47. The number of fused-ring (bicyclic) bond motifs is 1. The second kappa shape index (κ2) is 9.74. The maximum absolute atomic E-state index is 13.0. The van der Waals surface area contributed by atoms with Gasteiger partial charge in [-0.05, 0) is 55.3 Å². The van der Waals surface area contributed by atoms with Gasteiger partial charge in [-0.25, -0.2) is 4.98 Å². The number of ether oxygens (including phenoxy) is 1. The van der Waals surface area contributed by atoms with Crippen LogP contribution in [0.3, 0.4) is 0 Å². The molecule has 170 valence electrons. The first-order valence-corrected chi connectivity index (χ1v) is 10.7. The molecule has 4 rings (SSSR count). The minimum absolute atomic E-state index is 0.145. The van der Waals surface area contributed by atoms with Crippen molar-refractivity contribution in [1.29, 1.82) is 0 Å². The van der Waals surface area contributed by atoms with Crippen LogP contribution >= 0.6 is 11.6 Å². The third-order valence-corrected chi connectivity index (χ3v) is 5.40. The topological polar surface area (TPSA) is 113 Å². The molecule has 3 N–H and O–H groups in total. The molecule has 0 aliphatic heterocycles. The molecule has 0 saturated carbocycles. The number of methoxy groups -OCH3 is 1. The highest BCUT2D eigenvalue weighted by Gasteiger charge is 2.15. The number of H-pyrrole nitrogens is 1. The van der Waals surface area contributed by atoms with Crippen molar-refractivity contribution in [2.24, 2.45) is 0 Å². The highest BCUT2D eigenvalue weighted by molar-refractivity contribution is 6.30. The summed E-state index contributed by atoms with van der Waals surface area (Å²) in [5.41, 5.74) is 2.41. The second-order valence-corrected chi connectivity index (χ2v) is 7.88. The first-order valence-electron chi connectivity index (χ1n) is 10.3. The molecule has 9 nitrogen and oxygen atoms in total. The molecule has 4 aromatic rings. The Balaban J connectivity index is 1.43. The van der Waals surface area contributed by atoms with E-state index in [1.54, 1.807) is 38.3 Å². The number of benzene rings is 2. The lowest BCUT2D eigenvalue weighted by molar-refractivity contribution is -0.116. The molecule has 10 heteroatoms. The van der Waals surface area contributed by atoms with E-state index in [0.29, 0.717) is 40.2 Å². The molecular weight excluding hydrogens is 444 g/mol. The summed E-state index contributed by atoms with van der Waals surface area (Å²) in [5.74, 6) is 1.20. The van der Waals surface area contributed by atoms with Gasteiger partial charge in [-0.3, -0.25) is 14.7 Å². The number of hydrogen-bond donors (Lipinski definition) is 3. The van der Waals surface area contributed by atoms with Gasteiger partial charge in [0.2, 0.25) is 11.9 Å². The highest BCUT2D eigenvalue weighted by Crippen LogP contribution is 2.16. The standard InChI is InChI=1S/C23H23ClN6O3/c1-14-19(11-12-20(31)27-17-7-9-18(33-2)10-8-17)21(32)30-23(26-14)28-22(29-30)25-13-15-3-5-16(24)6-4-15/h3-10H,11-13H2,1-2H3,(H,27,31)(H2,25,26,28,29). The number of halogens is 1. The summed E-state index contributed by atoms with van der Waals surface area (Å²) < 4.78 is 6.40. The number of aromatic amines is 1. The van der Waals surface area contributed by atoms with E-state index in [0.717, 1.165) is 5.56 Å². The van der Waals surface area contributed by atoms with Gasteiger partial charge in [0.25, 0.3) is 11.3 Å². The van der Waals surface area contributed by atoms with Crippen LogP contribution in [0.1, 0.15) is 23.2 Å². The Labute approximate surface area is 194 Å². The van der Waals surface area contributed by atoms with Crippen LogP contribution in [0.25, 0.3) is 5.78 Å². The first-order chi connectivity index (χ1) is 15.9. The van der Waals surface area contributed by atoms with Crippen molar-refractivity contribution < 1.29 is 9.53 Å². The van der Waals surface area contributed by atoms with Gasteiger partial charge in [-0.2, -0.15) is 9.50 Å². The summed E-state index contributed by atoms with van der Waals surface area (Å²) in [6.07, 6.45) is 0.404. The lowest BCUT2D eigenvalue weighted by Gasteiger charge is -2.07. The predicted octanol–water partition coefficient (Wildman–Crippen LogP) is 3.57.